The maximum atomic E-state index is 4.50. The molecule has 4 heteroatoms. The molecule has 0 amide bonds. The topological polar surface area (TPSA) is 42.2 Å². The smallest absolute Gasteiger partial charge is 0.0659 e. The Bertz CT molecular complexity index is 835. The van der Waals surface area contributed by atoms with Gasteiger partial charge in [0.1, 0.15) is 0 Å². The second-order valence-electron chi connectivity index (χ2n) is 5.98. The van der Waals surface area contributed by atoms with Gasteiger partial charge in [-0.1, -0.05) is 37.4 Å². The van der Waals surface area contributed by atoms with Crippen molar-refractivity contribution in [3.8, 4) is 0 Å². The van der Waals surface area contributed by atoms with Gasteiger partial charge in [-0.15, -0.1) is 0 Å². The first-order valence-electron chi connectivity index (χ1n) is 8.56. The van der Waals surface area contributed by atoms with Gasteiger partial charge in [0.15, 0.2) is 0 Å². The third-order valence-corrected chi connectivity index (χ3v) is 4.03. The second-order valence-corrected chi connectivity index (χ2v) is 5.98. The lowest BCUT2D eigenvalue weighted by molar-refractivity contribution is 0.687. The van der Waals surface area contributed by atoms with E-state index in [0.29, 0.717) is 0 Å². The zero-order chi connectivity index (χ0) is 18.9. The molecule has 0 bridgehead atoms. The number of rotatable bonds is 8. The lowest BCUT2D eigenvalue weighted by atomic mass is 10.1. The van der Waals surface area contributed by atoms with Gasteiger partial charge >= 0.3 is 0 Å². The van der Waals surface area contributed by atoms with E-state index in [9.17, 15) is 0 Å². The maximum Gasteiger partial charge on any atom is 0.0659 e. The predicted molar refractivity (Wildman–Crippen MR) is 111 cm³/mol. The number of aliphatic imine (C=N–C) groups is 1. The van der Waals surface area contributed by atoms with Crippen LogP contribution in [0.5, 0.6) is 0 Å². The monoisotopic (exact) mass is 346 g/mol. The van der Waals surface area contributed by atoms with E-state index in [1.165, 1.54) is 5.56 Å². The van der Waals surface area contributed by atoms with Gasteiger partial charge < -0.3 is 5.32 Å². The Hall–Kier alpha value is -3.14. The molecular weight excluding hydrogens is 320 g/mol. The van der Waals surface area contributed by atoms with Crippen LogP contribution in [-0.2, 0) is 6.54 Å². The maximum absolute atomic E-state index is 4.50. The molecule has 134 valence electrons. The first kappa shape index (κ1) is 19.2. The van der Waals surface area contributed by atoms with Crippen molar-refractivity contribution in [1.82, 2.24) is 9.78 Å². The first-order chi connectivity index (χ1) is 12.5. The Kier molecular flexibility index (Phi) is 6.92. The highest BCUT2D eigenvalue weighted by Gasteiger charge is 2.01. The summed E-state index contributed by atoms with van der Waals surface area (Å²) in [6.07, 6.45) is 9.42. The number of hydrogen-bond donors (Lipinski definition) is 1. The van der Waals surface area contributed by atoms with Crippen LogP contribution in [0.25, 0.3) is 0 Å². The van der Waals surface area contributed by atoms with Crippen molar-refractivity contribution in [1.29, 1.82) is 0 Å². The van der Waals surface area contributed by atoms with Crippen molar-refractivity contribution in [2.75, 3.05) is 5.32 Å². The van der Waals surface area contributed by atoms with Gasteiger partial charge in [0, 0.05) is 24.3 Å². The largest absolute Gasteiger partial charge is 0.355 e. The number of anilines is 1. The number of aromatic nitrogens is 2. The number of nitrogens with one attached hydrogen (secondary N) is 1. The van der Waals surface area contributed by atoms with Gasteiger partial charge in [-0.2, -0.15) is 5.10 Å². The number of hydrogen-bond acceptors (Lipinski definition) is 3. The summed E-state index contributed by atoms with van der Waals surface area (Å²) in [5, 5.41) is 7.52. The van der Waals surface area contributed by atoms with Gasteiger partial charge in [0.25, 0.3) is 0 Å². The van der Waals surface area contributed by atoms with Crippen molar-refractivity contribution < 1.29 is 0 Å². The number of allylic oxidation sites excluding steroid dienone is 5. The van der Waals surface area contributed by atoms with Crippen LogP contribution in [-0.4, -0.2) is 15.5 Å². The molecule has 0 spiro atoms. The molecule has 0 atom stereocenters. The Balaban J connectivity index is 1.99. The van der Waals surface area contributed by atoms with Gasteiger partial charge in [0.2, 0.25) is 0 Å². The molecule has 0 fully saturated rings. The fourth-order valence-electron chi connectivity index (χ4n) is 2.39. The molecule has 0 aliphatic carbocycles. The average molecular weight is 346 g/mol. The van der Waals surface area contributed by atoms with Crippen LogP contribution in [0.15, 0.2) is 96.1 Å². The average Bonchev–Trinajstić information content (AvgIpc) is 3.15. The Morgan fingerprint density at radius 1 is 1.27 bits per heavy atom. The van der Waals surface area contributed by atoms with Gasteiger partial charge in [-0.25, -0.2) is 0 Å². The third-order valence-electron chi connectivity index (χ3n) is 4.03. The Morgan fingerprint density at radius 3 is 2.58 bits per heavy atom. The molecule has 0 radical (unpaired) electrons. The standard InChI is InChI=1S/C22H26N4/c1-6-21(7-2)17(3)15-23-18(4)19(5)25-22-11-9-20(10-12-22)16-26-14-8-13-24-26/h6-15,25H,1,5,16H2,2-4H3/b17-15+,21-7+,23-18?. The highest BCUT2D eigenvalue weighted by atomic mass is 15.3. The van der Waals surface area contributed by atoms with Crippen LogP contribution in [0.2, 0.25) is 0 Å². The molecule has 0 aliphatic rings. The summed E-state index contributed by atoms with van der Waals surface area (Å²) in [4.78, 5) is 4.50. The first-order valence-corrected chi connectivity index (χ1v) is 8.56. The normalized spacial score (nSPS) is 12.8. The summed E-state index contributed by atoms with van der Waals surface area (Å²) in [5.41, 5.74) is 5.93. The molecule has 1 heterocycles. The molecule has 0 saturated carbocycles. The molecule has 2 aromatic rings. The minimum atomic E-state index is 0.759. The van der Waals surface area contributed by atoms with E-state index in [1.807, 2.05) is 68.2 Å². The van der Waals surface area contributed by atoms with Crippen molar-refractivity contribution in [3.63, 3.8) is 0 Å². The van der Waals surface area contributed by atoms with Crippen LogP contribution in [0.3, 0.4) is 0 Å². The van der Waals surface area contributed by atoms with E-state index < -0.39 is 0 Å². The molecule has 26 heavy (non-hydrogen) atoms. The van der Waals surface area contributed by atoms with Gasteiger partial charge in [-0.3, -0.25) is 9.67 Å². The molecule has 0 saturated heterocycles. The summed E-state index contributed by atoms with van der Waals surface area (Å²) in [6.45, 7) is 14.6. The number of nitrogens with zero attached hydrogens (tertiary/aromatic N) is 3. The molecule has 4 nitrogen and oxygen atoms in total. The van der Waals surface area contributed by atoms with Crippen molar-refractivity contribution in [2.24, 2.45) is 4.99 Å². The molecule has 0 unspecified atom stereocenters. The third kappa shape index (κ3) is 5.45. The van der Waals surface area contributed by atoms with Crippen molar-refractivity contribution in [3.05, 3.63) is 96.6 Å². The zero-order valence-electron chi connectivity index (χ0n) is 15.7. The molecule has 1 aromatic carbocycles. The summed E-state index contributed by atoms with van der Waals surface area (Å²) in [6, 6.07) is 10.2. The van der Waals surface area contributed by atoms with E-state index >= 15 is 0 Å². The lowest BCUT2D eigenvalue weighted by Crippen LogP contribution is -2.07. The van der Waals surface area contributed by atoms with E-state index in [1.54, 1.807) is 6.20 Å². The van der Waals surface area contributed by atoms with Crippen LogP contribution < -0.4 is 5.32 Å². The molecule has 1 N–H and O–H groups in total. The van der Waals surface area contributed by atoms with E-state index in [-0.39, 0.29) is 0 Å². The highest BCUT2D eigenvalue weighted by molar-refractivity contribution is 6.00. The Labute approximate surface area is 156 Å². The SMILES string of the molecule is C=CC(=C\C)/C(C)=C/N=C(C)C(=C)Nc1ccc(Cn2cccn2)cc1. The van der Waals surface area contributed by atoms with E-state index in [2.05, 4.69) is 40.7 Å². The summed E-state index contributed by atoms with van der Waals surface area (Å²) >= 11 is 0. The minimum Gasteiger partial charge on any atom is -0.355 e. The lowest BCUT2D eigenvalue weighted by Gasteiger charge is -2.10. The Morgan fingerprint density at radius 2 is 2.00 bits per heavy atom. The molecule has 1 aromatic heterocycles. The predicted octanol–water partition coefficient (Wildman–Crippen LogP) is 5.35. The quantitative estimate of drug-likeness (QED) is 0.517. The van der Waals surface area contributed by atoms with E-state index in [0.717, 1.165) is 34.8 Å². The van der Waals surface area contributed by atoms with Crippen LogP contribution in [0.4, 0.5) is 5.69 Å². The highest BCUT2D eigenvalue weighted by Crippen LogP contribution is 2.14. The van der Waals surface area contributed by atoms with Gasteiger partial charge in [-0.05, 0) is 55.7 Å². The fraction of sp³-hybridized carbons (Fsp3) is 0.182. The van der Waals surface area contributed by atoms with Crippen molar-refractivity contribution in [2.45, 2.75) is 27.3 Å². The molecule has 2 rings (SSSR count). The molecule has 0 aliphatic heterocycles. The van der Waals surface area contributed by atoms with Crippen LogP contribution in [0, 0.1) is 0 Å². The summed E-state index contributed by atoms with van der Waals surface area (Å²) in [7, 11) is 0. The van der Waals surface area contributed by atoms with Crippen molar-refractivity contribution >= 4 is 11.4 Å². The summed E-state index contributed by atoms with van der Waals surface area (Å²) in [5.74, 6) is 0. The van der Waals surface area contributed by atoms with E-state index in [4.69, 9.17) is 0 Å². The second kappa shape index (κ2) is 9.37. The minimum absolute atomic E-state index is 0.759. The van der Waals surface area contributed by atoms with Crippen LogP contribution in [0.1, 0.15) is 26.3 Å². The summed E-state index contributed by atoms with van der Waals surface area (Å²) < 4.78 is 1.90. The van der Waals surface area contributed by atoms with Gasteiger partial charge in [0.05, 0.1) is 18.0 Å². The zero-order valence-corrected chi connectivity index (χ0v) is 15.7. The number of benzene rings is 1. The fourth-order valence-corrected chi connectivity index (χ4v) is 2.39. The van der Waals surface area contributed by atoms with Crippen LogP contribution >= 0.6 is 0 Å². The molecular formula is C22H26N4.